The molecule has 2 amide bonds. The van der Waals surface area contributed by atoms with E-state index in [4.69, 9.17) is 5.11 Å². The molecule has 0 atom stereocenters. The Morgan fingerprint density at radius 1 is 1.25 bits per heavy atom. The fourth-order valence-electron chi connectivity index (χ4n) is 2.05. The number of rotatable bonds is 7. The molecular formula is C16H26N2O2. The van der Waals surface area contributed by atoms with Gasteiger partial charge in [0.05, 0.1) is 6.61 Å². The molecule has 0 heterocycles. The van der Waals surface area contributed by atoms with Gasteiger partial charge in [0.2, 0.25) is 0 Å². The van der Waals surface area contributed by atoms with Gasteiger partial charge in [-0.2, -0.15) is 0 Å². The molecule has 0 aliphatic rings. The molecule has 2 N–H and O–H groups in total. The first-order valence-electron chi connectivity index (χ1n) is 7.32. The van der Waals surface area contributed by atoms with Crippen LogP contribution < -0.4 is 5.32 Å². The van der Waals surface area contributed by atoms with Crippen molar-refractivity contribution in [2.45, 2.75) is 40.0 Å². The Morgan fingerprint density at radius 2 is 2.00 bits per heavy atom. The standard InChI is InChI=1S/C16H26N2O2/c1-4-5-6-9-18(10-11-19)16(20)17-15-12-13(2)7-8-14(15)3/h7-8,12,19H,4-6,9-11H2,1-3H3,(H,17,20). The Morgan fingerprint density at radius 3 is 2.65 bits per heavy atom. The summed E-state index contributed by atoms with van der Waals surface area (Å²) < 4.78 is 0. The average Bonchev–Trinajstić information content (AvgIpc) is 2.42. The van der Waals surface area contributed by atoms with Gasteiger partial charge in [-0.15, -0.1) is 0 Å². The van der Waals surface area contributed by atoms with Gasteiger partial charge >= 0.3 is 6.03 Å². The maximum absolute atomic E-state index is 12.3. The van der Waals surface area contributed by atoms with Gasteiger partial charge < -0.3 is 15.3 Å². The van der Waals surface area contributed by atoms with Crippen molar-refractivity contribution in [1.82, 2.24) is 4.90 Å². The molecule has 0 aromatic heterocycles. The fourth-order valence-corrected chi connectivity index (χ4v) is 2.05. The second kappa shape index (κ2) is 8.59. The summed E-state index contributed by atoms with van der Waals surface area (Å²) in [6, 6.07) is 5.86. The second-order valence-electron chi connectivity index (χ2n) is 5.17. The Kier molecular flexibility index (Phi) is 7.09. The molecule has 112 valence electrons. The monoisotopic (exact) mass is 278 g/mol. The molecule has 0 bridgehead atoms. The highest BCUT2D eigenvalue weighted by Crippen LogP contribution is 2.17. The lowest BCUT2D eigenvalue weighted by atomic mass is 10.1. The third-order valence-corrected chi connectivity index (χ3v) is 3.32. The SMILES string of the molecule is CCCCCN(CCO)C(=O)Nc1cc(C)ccc1C. The van der Waals surface area contributed by atoms with E-state index in [0.717, 1.165) is 36.1 Å². The molecular weight excluding hydrogens is 252 g/mol. The average molecular weight is 278 g/mol. The number of nitrogens with zero attached hydrogens (tertiary/aromatic N) is 1. The predicted molar refractivity (Wildman–Crippen MR) is 83.1 cm³/mol. The van der Waals surface area contributed by atoms with Crippen molar-refractivity contribution >= 4 is 11.7 Å². The van der Waals surface area contributed by atoms with Gasteiger partial charge in [0.25, 0.3) is 0 Å². The van der Waals surface area contributed by atoms with E-state index in [1.54, 1.807) is 4.90 Å². The zero-order chi connectivity index (χ0) is 15.0. The summed E-state index contributed by atoms with van der Waals surface area (Å²) in [5.74, 6) is 0. The molecule has 20 heavy (non-hydrogen) atoms. The van der Waals surface area contributed by atoms with E-state index in [1.807, 2.05) is 32.0 Å². The molecule has 0 spiro atoms. The van der Waals surface area contributed by atoms with E-state index in [0.29, 0.717) is 13.1 Å². The lowest BCUT2D eigenvalue weighted by Crippen LogP contribution is -2.37. The fraction of sp³-hybridized carbons (Fsp3) is 0.562. The van der Waals surface area contributed by atoms with E-state index in [2.05, 4.69) is 12.2 Å². The van der Waals surface area contributed by atoms with Gasteiger partial charge in [-0.25, -0.2) is 4.79 Å². The van der Waals surface area contributed by atoms with Gasteiger partial charge in [-0.1, -0.05) is 31.9 Å². The van der Waals surface area contributed by atoms with Crippen molar-refractivity contribution in [3.63, 3.8) is 0 Å². The zero-order valence-electron chi connectivity index (χ0n) is 12.8. The van der Waals surface area contributed by atoms with Crippen LogP contribution >= 0.6 is 0 Å². The van der Waals surface area contributed by atoms with Crippen LogP contribution in [0.25, 0.3) is 0 Å². The number of benzene rings is 1. The van der Waals surface area contributed by atoms with Crippen molar-refractivity contribution in [2.24, 2.45) is 0 Å². The largest absolute Gasteiger partial charge is 0.395 e. The van der Waals surface area contributed by atoms with Crippen LogP contribution in [0.5, 0.6) is 0 Å². The first-order chi connectivity index (χ1) is 9.58. The molecule has 1 aromatic carbocycles. The molecule has 1 aromatic rings. The van der Waals surface area contributed by atoms with Crippen LogP contribution in [-0.4, -0.2) is 35.7 Å². The smallest absolute Gasteiger partial charge is 0.321 e. The molecule has 0 fully saturated rings. The Hall–Kier alpha value is -1.55. The van der Waals surface area contributed by atoms with Crippen LogP contribution in [0, 0.1) is 13.8 Å². The molecule has 0 unspecified atom stereocenters. The number of carbonyl (C=O) groups is 1. The summed E-state index contributed by atoms with van der Waals surface area (Å²) in [6.07, 6.45) is 3.18. The molecule has 0 aliphatic carbocycles. The van der Waals surface area contributed by atoms with Crippen LogP contribution in [0.2, 0.25) is 0 Å². The number of hydrogen-bond donors (Lipinski definition) is 2. The summed E-state index contributed by atoms with van der Waals surface area (Å²) >= 11 is 0. The lowest BCUT2D eigenvalue weighted by Gasteiger charge is -2.22. The first-order valence-corrected chi connectivity index (χ1v) is 7.32. The van der Waals surface area contributed by atoms with E-state index < -0.39 is 0 Å². The molecule has 4 heteroatoms. The van der Waals surface area contributed by atoms with Gasteiger partial charge in [0.15, 0.2) is 0 Å². The first kappa shape index (κ1) is 16.5. The zero-order valence-corrected chi connectivity index (χ0v) is 12.8. The summed E-state index contributed by atoms with van der Waals surface area (Å²) in [4.78, 5) is 13.9. The molecule has 0 radical (unpaired) electrons. The van der Waals surface area contributed by atoms with E-state index in [1.165, 1.54) is 0 Å². The lowest BCUT2D eigenvalue weighted by molar-refractivity contribution is 0.187. The summed E-state index contributed by atoms with van der Waals surface area (Å²) in [7, 11) is 0. The highest BCUT2D eigenvalue weighted by atomic mass is 16.3. The normalized spacial score (nSPS) is 10.4. The third-order valence-electron chi connectivity index (χ3n) is 3.32. The number of urea groups is 1. The topological polar surface area (TPSA) is 52.6 Å². The minimum atomic E-state index is -0.135. The molecule has 4 nitrogen and oxygen atoms in total. The molecule has 0 saturated heterocycles. The molecule has 0 saturated carbocycles. The summed E-state index contributed by atoms with van der Waals surface area (Å²) in [5, 5.41) is 12.0. The van der Waals surface area contributed by atoms with Crippen LogP contribution in [0.1, 0.15) is 37.3 Å². The number of aryl methyl sites for hydroxylation is 2. The summed E-state index contributed by atoms with van der Waals surface area (Å²) in [5.41, 5.74) is 3.00. The van der Waals surface area contributed by atoms with E-state index >= 15 is 0 Å². The number of anilines is 1. The maximum Gasteiger partial charge on any atom is 0.321 e. The minimum Gasteiger partial charge on any atom is -0.395 e. The number of aliphatic hydroxyl groups is 1. The predicted octanol–water partition coefficient (Wildman–Crippen LogP) is 3.32. The van der Waals surface area contributed by atoms with Gasteiger partial charge in [0.1, 0.15) is 0 Å². The Bertz CT molecular complexity index is 432. The second-order valence-corrected chi connectivity index (χ2v) is 5.17. The number of unbranched alkanes of at least 4 members (excludes halogenated alkanes) is 2. The number of amides is 2. The van der Waals surface area contributed by atoms with Crippen molar-refractivity contribution in [3.05, 3.63) is 29.3 Å². The minimum absolute atomic E-state index is 0.00759. The van der Waals surface area contributed by atoms with Crippen molar-refractivity contribution in [1.29, 1.82) is 0 Å². The van der Waals surface area contributed by atoms with Crippen LogP contribution in [0.3, 0.4) is 0 Å². The summed E-state index contributed by atoms with van der Waals surface area (Å²) in [6.45, 7) is 7.16. The van der Waals surface area contributed by atoms with Gasteiger partial charge in [-0.05, 0) is 37.5 Å². The Labute approximate surface area is 121 Å². The van der Waals surface area contributed by atoms with E-state index in [9.17, 15) is 4.79 Å². The number of aliphatic hydroxyl groups excluding tert-OH is 1. The van der Waals surface area contributed by atoms with Crippen LogP contribution in [0.15, 0.2) is 18.2 Å². The highest BCUT2D eigenvalue weighted by Gasteiger charge is 2.13. The number of carbonyl (C=O) groups excluding carboxylic acids is 1. The highest BCUT2D eigenvalue weighted by molar-refractivity contribution is 5.90. The van der Waals surface area contributed by atoms with Crippen LogP contribution in [0.4, 0.5) is 10.5 Å². The quantitative estimate of drug-likeness (QED) is 0.752. The molecule has 0 aliphatic heterocycles. The van der Waals surface area contributed by atoms with Gasteiger partial charge in [0, 0.05) is 18.8 Å². The number of hydrogen-bond acceptors (Lipinski definition) is 2. The van der Waals surface area contributed by atoms with Gasteiger partial charge in [-0.3, -0.25) is 0 Å². The maximum atomic E-state index is 12.3. The van der Waals surface area contributed by atoms with Crippen molar-refractivity contribution in [2.75, 3.05) is 25.0 Å². The molecule has 1 rings (SSSR count). The van der Waals surface area contributed by atoms with Crippen molar-refractivity contribution < 1.29 is 9.90 Å². The third kappa shape index (κ3) is 5.21. The van der Waals surface area contributed by atoms with E-state index in [-0.39, 0.29) is 12.6 Å². The number of nitrogens with one attached hydrogen (secondary N) is 1. The Balaban J connectivity index is 2.67. The van der Waals surface area contributed by atoms with Crippen LogP contribution in [-0.2, 0) is 0 Å². The van der Waals surface area contributed by atoms with Crippen molar-refractivity contribution in [3.8, 4) is 0 Å².